The predicted octanol–water partition coefficient (Wildman–Crippen LogP) is 2.70. The quantitative estimate of drug-likeness (QED) is 0.530. The van der Waals surface area contributed by atoms with Crippen molar-refractivity contribution in [3.05, 3.63) is 41.7 Å². The van der Waals surface area contributed by atoms with E-state index < -0.39 is 9.84 Å². The summed E-state index contributed by atoms with van der Waals surface area (Å²) in [6, 6.07) is 5.82. The highest BCUT2D eigenvalue weighted by atomic mass is 32.2. The molecule has 4 rings (SSSR count). The standard InChI is InChI=1S/C18H21N7O2S/c1-10(2)14-9-20-25-16(14)22-18(28(4,26)27)23-17(25)21-11(3)12-5-6-15-13(7-12)8-19-24-15/h5-11H,1-4H3,(H,19,24)(H,21,22,23). The van der Waals surface area contributed by atoms with Crippen LogP contribution in [0.5, 0.6) is 0 Å². The highest BCUT2D eigenvalue weighted by Gasteiger charge is 2.21. The first-order valence-electron chi connectivity index (χ1n) is 8.89. The van der Waals surface area contributed by atoms with Crippen LogP contribution >= 0.6 is 0 Å². The number of aromatic amines is 1. The third-order valence-electron chi connectivity index (χ3n) is 4.64. The fourth-order valence-electron chi connectivity index (χ4n) is 3.05. The Bertz CT molecular complexity index is 1270. The van der Waals surface area contributed by atoms with Gasteiger partial charge in [-0.2, -0.15) is 24.7 Å². The first-order valence-corrected chi connectivity index (χ1v) is 10.8. The van der Waals surface area contributed by atoms with Gasteiger partial charge in [0.05, 0.1) is 24.0 Å². The average Bonchev–Trinajstić information content (AvgIpc) is 3.26. The van der Waals surface area contributed by atoms with E-state index in [1.54, 1.807) is 16.9 Å². The maximum Gasteiger partial charge on any atom is 0.252 e. The summed E-state index contributed by atoms with van der Waals surface area (Å²) in [5.41, 5.74) is 3.32. The van der Waals surface area contributed by atoms with E-state index in [1.807, 2.05) is 39.0 Å². The fraction of sp³-hybridized carbons (Fsp3) is 0.333. The first kappa shape index (κ1) is 18.4. The predicted molar refractivity (Wildman–Crippen MR) is 106 cm³/mol. The summed E-state index contributed by atoms with van der Waals surface area (Å²) in [6.45, 7) is 5.99. The van der Waals surface area contributed by atoms with Gasteiger partial charge in [-0.3, -0.25) is 5.10 Å². The van der Waals surface area contributed by atoms with E-state index in [-0.39, 0.29) is 17.1 Å². The van der Waals surface area contributed by atoms with Crippen molar-refractivity contribution in [2.45, 2.75) is 37.9 Å². The Morgan fingerprint density at radius 2 is 1.93 bits per heavy atom. The number of fused-ring (bicyclic) bond motifs is 2. The summed E-state index contributed by atoms with van der Waals surface area (Å²) in [7, 11) is -3.57. The van der Waals surface area contributed by atoms with Gasteiger partial charge >= 0.3 is 0 Å². The number of H-pyrrole nitrogens is 1. The number of sulfone groups is 1. The van der Waals surface area contributed by atoms with Crippen molar-refractivity contribution in [3.63, 3.8) is 0 Å². The van der Waals surface area contributed by atoms with Gasteiger partial charge in [-0.05, 0) is 30.5 Å². The second-order valence-electron chi connectivity index (χ2n) is 7.17. The molecule has 0 bridgehead atoms. The van der Waals surface area contributed by atoms with Gasteiger partial charge < -0.3 is 5.32 Å². The molecule has 3 aromatic heterocycles. The molecule has 4 aromatic rings. The van der Waals surface area contributed by atoms with Gasteiger partial charge in [-0.1, -0.05) is 19.9 Å². The van der Waals surface area contributed by atoms with E-state index in [9.17, 15) is 8.42 Å². The third kappa shape index (κ3) is 3.19. The number of benzene rings is 1. The second kappa shape index (κ2) is 6.55. The molecule has 0 saturated carbocycles. The molecule has 3 heterocycles. The Balaban J connectivity index is 1.80. The largest absolute Gasteiger partial charge is 0.348 e. The number of nitrogens with one attached hydrogen (secondary N) is 2. The molecule has 0 radical (unpaired) electrons. The topological polar surface area (TPSA) is 118 Å². The van der Waals surface area contributed by atoms with Crippen LogP contribution < -0.4 is 5.32 Å². The molecule has 1 atom stereocenters. The van der Waals surface area contributed by atoms with Crippen LogP contribution in [0, 0.1) is 0 Å². The van der Waals surface area contributed by atoms with Gasteiger partial charge in [-0.25, -0.2) is 8.42 Å². The summed E-state index contributed by atoms with van der Waals surface area (Å²) in [5, 5.41) is 15.4. The van der Waals surface area contributed by atoms with E-state index in [1.165, 1.54) is 0 Å². The summed E-state index contributed by atoms with van der Waals surface area (Å²) in [4.78, 5) is 8.49. The lowest BCUT2D eigenvalue weighted by molar-refractivity contribution is 0.591. The Morgan fingerprint density at radius 1 is 1.14 bits per heavy atom. The van der Waals surface area contributed by atoms with E-state index in [4.69, 9.17) is 0 Å². The Labute approximate surface area is 162 Å². The molecule has 0 fully saturated rings. The van der Waals surface area contributed by atoms with Crippen LogP contribution in [0.4, 0.5) is 5.95 Å². The summed E-state index contributed by atoms with van der Waals surface area (Å²) in [6.07, 6.45) is 4.57. The molecule has 2 N–H and O–H groups in total. The normalized spacial score (nSPS) is 13.5. The minimum Gasteiger partial charge on any atom is -0.348 e. The summed E-state index contributed by atoms with van der Waals surface area (Å²) in [5.74, 6) is 0.477. The maximum absolute atomic E-state index is 12.1. The monoisotopic (exact) mass is 399 g/mol. The third-order valence-corrected chi connectivity index (χ3v) is 5.48. The molecule has 28 heavy (non-hydrogen) atoms. The van der Waals surface area contributed by atoms with Crippen molar-refractivity contribution >= 4 is 32.3 Å². The van der Waals surface area contributed by atoms with E-state index in [0.29, 0.717) is 11.6 Å². The van der Waals surface area contributed by atoms with Gasteiger partial charge in [0.25, 0.3) is 5.16 Å². The molecule has 0 saturated heterocycles. The van der Waals surface area contributed by atoms with Gasteiger partial charge in [0.1, 0.15) is 0 Å². The first-order chi connectivity index (χ1) is 13.2. The van der Waals surface area contributed by atoms with Crippen LogP contribution in [-0.4, -0.2) is 44.5 Å². The van der Waals surface area contributed by atoms with Crippen molar-refractivity contribution in [3.8, 4) is 0 Å². The number of nitrogens with zero attached hydrogens (tertiary/aromatic N) is 5. The molecule has 146 valence electrons. The molecular weight excluding hydrogens is 378 g/mol. The van der Waals surface area contributed by atoms with E-state index in [2.05, 4.69) is 30.6 Å². The van der Waals surface area contributed by atoms with Crippen molar-refractivity contribution in [1.29, 1.82) is 0 Å². The smallest absolute Gasteiger partial charge is 0.252 e. The molecule has 0 aliphatic rings. The zero-order chi connectivity index (χ0) is 20.1. The molecule has 1 aromatic carbocycles. The van der Waals surface area contributed by atoms with Crippen molar-refractivity contribution < 1.29 is 8.42 Å². The molecule has 0 aliphatic carbocycles. The Kier molecular flexibility index (Phi) is 4.30. The number of hydrogen-bond donors (Lipinski definition) is 2. The van der Waals surface area contributed by atoms with Gasteiger partial charge in [0.15, 0.2) is 5.65 Å². The highest BCUT2D eigenvalue weighted by molar-refractivity contribution is 7.90. The van der Waals surface area contributed by atoms with Crippen LogP contribution in [0.1, 0.15) is 43.9 Å². The van der Waals surface area contributed by atoms with Gasteiger partial charge in [0, 0.05) is 17.2 Å². The number of anilines is 1. The molecule has 0 spiro atoms. The summed E-state index contributed by atoms with van der Waals surface area (Å²) >= 11 is 0. The minimum absolute atomic E-state index is 0.142. The Morgan fingerprint density at radius 3 is 2.64 bits per heavy atom. The van der Waals surface area contributed by atoms with Gasteiger partial charge in [-0.15, -0.1) is 0 Å². The average molecular weight is 399 g/mol. The summed E-state index contributed by atoms with van der Waals surface area (Å²) < 4.78 is 25.8. The van der Waals surface area contributed by atoms with E-state index in [0.717, 1.165) is 28.3 Å². The molecule has 0 aliphatic heterocycles. The fourth-order valence-corrected chi connectivity index (χ4v) is 3.55. The lowest BCUT2D eigenvalue weighted by Gasteiger charge is -2.16. The maximum atomic E-state index is 12.1. The second-order valence-corrected chi connectivity index (χ2v) is 9.08. The molecule has 9 nitrogen and oxygen atoms in total. The van der Waals surface area contributed by atoms with Crippen LogP contribution in [-0.2, 0) is 9.84 Å². The molecular formula is C18H21N7O2S. The number of rotatable bonds is 5. The molecule has 10 heteroatoms. The van der Waals surface area contributed by atoms with Crippen molar-refractivity contribution in [1.82, 2.24) is 29.8 Å². The van der Waals surface area contributed by atoms with Gasteiger partial charge in [0.2, 0.25) is 15.8 Å². The van der Waals surface area contributed by atoms with Crippen LogP contribution in [0.15, 0.2) is 35.7 Å². The van der Waals surface area contributed by atoms with E-state index >= 15 is 0 Å². The SMILES string of the molecule is CC(C)c1cnn2c(NC(C)c3ccc4[nH]ncc4c3)nc(S(C)(=O)=O)nc12. The zero-order valence-corrected chi connectivity index (χ0v) is 16.8. The number of hydrogen-bond acceptors (Lipinski definition) is 7. The van der Waals surface area contributed by atoms with Crippen LogP contribution in [0.3, 0.4) is 0 Å². The lowest BCUT2D eigenvalue weighted by Crippen LogP contribution is -2.16. The Hall–Kier alpha value is -3.01. The minimum atomic E-state index is -3.57. The molecule has 1 unspecified atom stereocenters. The van der Waals surface area contributed by atoms with Crippen molar-refractivity contribution in [2.24, 2.45) is 0 Å². The van der Waals surface area contributed by atoms with Crippen LogP contribution in [0.25, 0.3) is 16.6 Å². The zero-order valence-electron chi connectivity index (χ0n) is 16.0. The number of aromatic nitrogens is 6. The molecule has 0 amide bonds. The van der Waals surface area contributed by atoms with Crippen LogP contribution in [0.2, 0.25) is 0 Å². The van der Waals surface area contributed by atoms with Crippen molar-refractivity contribution in [2.75, 3.05) is 11.6 Å². The highest BCUT2D eigenvalue weighted by Crippen LogP contribution is 2.25. The lowest BCUT2D eigenvalue weighted by atomic mass is 10.1.